The SMILES string of the molecule is O=C(O)c1ccc(Cl)cc1OCc1cccc(Cl)c1Cl. The highest BCUT2D eigenvalue weighted by molar-refractivity contribution is 6.42. The van der Waals surface area contributed by atoms with Crippen LogP contribution >= 0.6 is 34.8 Å². The van der Waals surface area contributed by atoms with Crippen molar-refractivity contribution in [3.05, 3.63) is 62.6 Å². The van der Waals surface area contributed by atoms with Gasteiger partial charge >= 0.3 is 5.97 Å². The number of rotatable bonds is 4. The molecular weight excluding hydrogens is 323 g/mol. The van der Waals surface area contributed by atoms with Gasteiger partial charge in [-0.15, -0.1) is 0 Å². The van der Waals surface area contributed by atoms with E-state index in [1.54, 1.807) is 18.2 Å². The summed E-state index contributed by atoms with van der Waals surface area (Å²) in [6.07, 6.45) is 0. The second-order valence-electron chi connectivity index (χ2n) is 3.95. The van der Waals surface area contributed by atoms with E-state index in [0.29, 0.717) is 20.6 Å². The van der Waals surface area contributed by atoms with E-state index in [0.717, 1.165) is 0 Å². The number of aromatic carboxylic acids is 1. The molecule has 0 radical (unpaired) electrons. The first kappa shape index (κ1) is 15.0. The van der Waals surface area contributed by atoms with E-state index >= 15 is 0 Å². The van der Waals surface area contributed by atoms with Gasteiger partial charge in [0.05, 0.1) is 10.0 Å². The molecule has 0 atom stereocenters. The first-order valence-corrected chi connectivity index (χ1v) is 6.71. The van der Waals surface area contributed by atoms with Gasteiger partial charge in [-0.1, -0.05) is 46.9 Å². The molecular formula is C14H9Cl3O3. The molecule has 0 aliphatic rings. The van der Waals surface area contributed by atoms with E-state index in [9.17, 15) is 4.79 Å². The summed E-state index contributed by atoms with van der Waals surface area (Å²) in [6.45, 7) is 0.0972. The first-order valence-electron chi connectivity index (χ1n) is 5.57. The largest absolute Gasteiger partial charge is 0.488 e. The van der Waals surface area contributed by atoms with Crippen molar-refractivity contribution >= 4 is 40.8 Å². The van der Waals surface area contributed by atoms with E-state index in [1.165, 1.54) is 18.2 Å². The third-order valence-corrected chi connectivity index (χ3v) is 3.68. The summed E-state index contributed by atoms with van der Waals surface area (Å²) in [7, 11) is 0. The van der Waals surface area contributed by atoms with Crippen molar-refractivity contribution in [3.8, 4) is 5.75 Å². The minimum absolute atomic E-state index is 0.0348. The maximum atomic E-state index is 11.1. The molecule has 3 nitrogen and oxygen atoms in total. The molecule has 0 saturated carbocycles. The summed E-state index contributed by atoms with van der Waals surface area (Å²) in [6, 6.07) is 9.48. The number of hydrogen-bond acceptors (Lipinski definition) is 2. The molecule has 0 aliphatic carbocycles. The van der Waals surface area contributed by atoms with Gasteiger partial charge in [-0.2, -0.15) is 0 Å². The molecule has 6 heteroatoms. The Morgan fingerprint density at radius 1 is 1.15 bits per heavy atom. The lowest BCUT2D eigenvalue weighted by molar-refractivity contribution is 0.0692. The van der Waals surface area contributed by atoms with E-state index < -0.39 is 5.97 Å². The number of carboxylic acids is 1. The van der Waals surface area contributed by atoms with E-state index in [4.69, 9.17) is 44.6 Å². The van der Waals surface area contributed by atoms with E-state index in [2.05, 4.69) is 0 Å². The molecule has 0 fully saturated rings. The Balaban J connectivity index is 2.24. The fourth-order valence-electron chi connectivity index (χ4n) is 1.61. The molecule has 0 bridgehead atoms. The summed E-state index contributed by atoms with van der Waals surface area (Å²) in [5.74, 6) is -0.908. The predicted octanol–water partition coefficient (Wildman–Crippen LogP) is 4.92. The fourth-order valence-corrected chi connectivity index (χ4v) is 2.14. The van der Waals surface area contributed by atoms with Crippen molar-refractivity contribution in [2.45, 2.75) is 6.61 Å². The molecule has 0 amide bonds. The molecule has 2 rings (SSSR count). The summed E-state index contributed by atoms with van der Waals surface area (Å²) >= 11 is 17.8. The molecule has 1 N–H and O–H groups in total. The van der Waals surface area contributed by atoms with Gasteiger partial charge in [-0.25, -0.2) is 4.79 Å². The Labute approximate surface area is 130 Å². The van der Waals surface area contributed by atoms with E-state index in [-0.39, 0.29) is 17.9 Å². The van der Waals surface area contributed by atoms with Crippen LogP contribution in [0.2, 0.25) is 15.1 Å². The molecule has 20 heavy (non-hydrogen) atoms. The normalized spacial score (nSPS) is 10.3. The van der Waals surface area contributed by atoms with Gasteiger partial charge in [0.15, 0.2) is 0 Å². The van der Waals surface area contributed by atoms with Crippen LogP contribution in [0, 0.1) is 0 Å². The smallest absolute Gasteiger partial charge is 0.339 e. The second kappa shape index (κ2) is 6.35. The monoisotopic (exact) mass is 330 g/mol. The highest BCUT2D eigenvalue weighted by atomic mass is 35.5. The van der Waals surface area contributed by atoms with Gasteiger partial charge in [0, 0.05) is 10.6 Å². The van der Waals surface area contributed by atoms with Crippen molar-refractivity contribution in [2.75, 3.05) is 0 Å². The number of benzene rings is 2. The predicted molar refractivity (Wildman–Crippen MR) is 79.2 cm³/mol. The van der Waals surface area contributed by atoms with Crippen molar-refractivity contribution in [1.29, 1.82) is 0 Å². The number of carboxylic acid groups (broad SMARTS) is 1. The Bertz CT molecular complexity index is 656. The van der Waals surface area contributed by atoms with Crippen molar-refractivity contribution in [2.24, 2.45) is 0 Å². The van der Waals surface area contributed by atoms with Crippen LogP contribution in [0.15, 0.2) is 36.4 Å². The molecule has 0 saturated heterocycles. The molecule has 0 aliphatic heterocycles. The van der Waals surface area contributed by atoms with Crippen LogP contribution in [0.5, 0.6) is 5.75 Å². The van der Waals surface area contributed by atoms with Crippen molar-refractivity contribution in [1.82, 2.24) is 0 Å². The van der Waals surface area contributed by atoms with Crippen LogP contribution in [-0.4, -0.2) is 11.1 Å². The van der Waals surface area contributed by atoms with Gasteiger partial charge < -0.3 is 9.84 Å². The van der Waals surface area contributed by atoms with Gasteiger partial charge in [0.25, 0.3) is 0 Å². The Kier molecular flexibility index (Phi) is 4.76. The highest BCUT2D eigenvalue weighted by Crippen LogP contribution is 2.28. The standard InChI is InChI=1S/C14H9Cl3O3/c15-9-4-5-10(14(18)19)12(6-9)20-7-8-2-1-3-11(16)13(8)17/h1-6H,7H2,(H,18,19). The van der Waals surface area contributed by atoms with Gasteiger partial charge in [-0.3, -0.25) is 0 Å². The zero-order valence-electron chi connectivity index (χ0n) is 10.1. The summed E-state index contributed by atoms with van der Waals surface area (Å²) < 4.78 is 5.49. The number of ether oxygens (including phenoxy) is 1. The van der Waals surface area contributed by atoms with Crippen molar-refractivity contribution in [3.63, 3.8) is 0 Å². The third-order valence-electron chi connectivity index (χ3n) is 2.59. The second-order valence-corrected chi connectivity index (χ2v) is 5.17. The van der Waals surface area contributed by atoms with E-state index in [1.807, 2.05) is 0 Å². The minimum atomic E-state index is -1.09. The van der Waals surface area contributed by atoms with Gasteiger partial charge in [-0.05, 0) is 24.3 Å². The maximum absolute atomic E-state index is 11.1. The van der Waals surface area contributed by atoms with Gasteiger partial charge in [0.1, 0.15) is 17.9 Å². The summed E-state index contributed by atoms with van der Waals surface area (Å²) in [4.78, 5) is 11.1. The lowest BCUT2D eigenvalue weighted by Crippen LogP contribution is -2.03. The Morgan fingerprint density at radius 2 is 1.90 bits per heavy atom. The number of carbonyl (C=O) groups is 1. The van der Waals surface area contributed by atoms with Gasteiger partial charge in [0.2, 0.25) is 0 Å². The molecule has 0 spiro atoms. The summed E-state index contributed by atoms with van der Waals surface area (Å²) in [5, 5.41) is 10.3. The lowest BCUT2D eigenvalue weighted by Gasteiger charge is -2.11. The molecule has 104 valence electrons. The maximum Gasteiger partial charge on any atom is 0.339 e. The van der Waals surface area contributed by atoms with Crippen LogP contribution in [0.1, 0.15) is 15.9 Å². The Hall–Kier alpha value is -1.42. The van der Waals surface area contributed by atoms with Crippen LogP contribution < -0.4 is 4.74 Å². The quantitative estimate of drug-likeness (QED) is 0.864. The zero-order chi connectivity index (χ0) is 14.7. The first-order chi connectivity index (χ1) is 9.49. The van der Waals surface area contributed by atoms with Crippen LogP contribution in [-0.2, 0) is 6.61 Å². The van der Waals surface area contributed by atoms with Crippen LogP contribution in [0.3, 0.4) is 0 Å². The summed E-state index contributed by atoms with van der Waals surface area (Å²) in [5.41, 5.74) is 0.697. The highest BCUT2D eigenvalue weighted by Gasteiger charge is 2.13. The van der Waals surface area contributed by atoms with Crippen LogP contribution in [0.25, 0.3) is 0 Å². The number of hydrogen-bond donors (Lipinski definition) is 1. The molecule has 2 aromatic carbocycles. The van der Waals surface area contributed by atoms with Crippen molar-refractivity contribution < 1.29 is 14.6 Å². The molecule has 0 aromatic heterocycles. The Morgan fingerprint density at radius 3 is 2.60 bits per heavy atom. The average molecular weight is 332 g/mol. The number of halogens is 3. The average Bonchev–Trinajstić information content (AvgIpc) is 2.40. The molecule has 0 heterocycles. The minimum Gasteiger partial charge on any atom is -0.488 e. The molecule has 0 unspecified atom stereocenters. The third kappa shape index (κ3) is 3.37. The zero-order valence-corrected chi connectivity index (χ0v) is 12.3. The lowest BCUT2D eigenvalue weighted by atomic mass is 10.2. The van der Waals surface area contributed by atoms with Crippen LogP contribution in [0.4, 0.5) is 0 Å². The fraction of sp³-hybridized carbons (Fsp3) is 0.0714. The molecule has 2 aromatic rings. The topological polar surface area (TPSA) is 46.5 Å².